The summed E-state index contributed by atoms with van der Waals surface area (Å²) < 4.78 is 0. The van der Waals surface area contributed by atoms with Crippen molar-refractivity contribution in [2.24, 2.45) is 0 Å². The van der Waals surface area contributed by atoms with Crippen LogP contribution >= 0.6 is 0 Å². The maximum Gasteiger partial charge on any atom is 0.0375 e. The molecule has 0 fully saturated rings. The number of rotatable bonds is 5. The summed E-state index contributed by atoms with van der Waals surface area (Å²) >= 11 is 0. The van der Waals surface area contributed by atoms with E-state index in [9.17, 15) is 0 Å². The molecule has 1 aromatic rings. The van der Waals surface area contributed by atoms with Crippen molar-refractivity contribution in [2.75, 3.05) is 17.2 Å². The van der Waals surface area contributed by atoms with E-state index in [0.717, 1.165) is 12.2 Å². The van der Waals surface area contributed by atoms with Gasteiger partial charge in [-0.15, -0.1) is 0 Å². The molecule has 0 spiro atoms. The summed E-state index contributed by atoms with van der Waals surface area (Å²) in [7, 11) is 0. The Balaban J connectivity index is 3.02. The molecule has 2 N–H and O–H groups in total. The summed E-state index contributed by atoms with van der Waals surface area (Å²) in [4.78, 5) is 2.46. The Morgan fingerprint density at radius 2 is 1.71 bits per heavy atom. The lowest BCUT2D eigenvalue weighted by molar-refractivity contribution is 0.646. The average Bonchev–Trinajstić information content (AvgIpc) is 2.25. The van der Waals surface area contributed by atoms with Gasteiger partial charge in [-0.1, -0.05) is 13.3 Å². The van der Waals surface area contributed by atoms with Crippen molar-refractivity contribution in [1.29, 1.82) is 0 Å². The highest BCUT2D eigenvalue weighted by atomic mass is 15.1. The van der Waals surface area contributed by atoms with E-state index in [0.29, 0.717) is 6.04 Å². The third kappa shape index (κ3) is 3.39. The van der Waals surface area contributed by atoms with Gasteiger partial charge in [-0.3, -0.25) is 0 Å². The van der Waals surface area contributed by atoms with Crippen LogP contribution in [0.5, 0.6) is 0 Å². The second kappa shape index (κ2) is 5.95. The first-order valence-electron chi connectivity index (χ1n) is 6.60. The topological polar surface area (TPSA) is 29.3 Å². The average molecular weight is 234 g/mol. The highest BCUT2D eigenvalue weighted by molar-refractivity contribution is 5.63. The van der Waals surface area contributed by atoms with Crippen molar-refractivity contribution in [2.45, 2.75) is 53.5 Å². The Morgan fingerprint density at radius 3 is 2.12 bits per heavy atom. The van der Waals surface area contributed by atoms with Crippen molar-refractivity contribution in [3.05, 3.63) is 23.3 Å². The van der Waals surface area contributed by atoms with E-state index in [4.69, 9.17) is 5.73 Å². The van der Waals surface area contributed by atoms with Gasteiger partial charge in [-0.05, 0) is 57.4 Å². The van der Waals surface area contributed by atoms with Crippen LogP contribution in [0.4, 0.5) is 11.4 Å². The number of nitrogens with zero attached hydrogens (tertiary/aromatic N) is 1. The number of aryl methyl sites for hydroxylation is 2. The molecule has 0 heterocycles. The third-order valence-electron chi connectivity index (χ3n) is 3.29. The SMILES string of the molecule is CCCCN(c1cc(C)c(N)c(C)c1)C(C)C. The first-order valence-corrected chi connectivity index (χ1v) is 6.60. The van der Waals surface area contributed by atoms with E-state index >= 15 is 0 Å². The van der Waals surface area contributed by atoms with Crippen LogP contribution in [0.25, 0.3) is 0 Å². The van der Waals surface area contributed by atoms with E-state index in [-0.39, 0.29) is 0 Å². The summed E-state index contributed by atoms with van der Waals surface area (Å²) in [5.74, 6) is 0. The molecule has 0 saturated carbocycles. The van der Waals surface area contributed by atoms with Gasteiger partial charge in [0.05, 0.1) is 0 Å². The van der Waals surface area contributed by atoms with Crippen LogP contribution in [-0.2, 0) is 0 Å². The summed E-state index contributed by atoms with van der Waals surface area (Å²) in [6, 6.07) is 4.94. The number of hydrogen-bond donors (Lipinski definition) is 1. The normalized spacial score (nSPS) is 10.9. The first-order chi connectivity index (χ1) is 7.97. The lowest BCUT2D eigenvalue weighted by atomic mass is 10.1. The molecule has 96 valence electrons. The van der Waals surface area contributed by atoms with Gasteiger partial charge < -0.3 is 10.6 Å². The van der Waals surface area contributed by atoms with Crippen LogP contribution in [0, 0.1) is 13.8 Å². The summed E-state index contributed by atoms with van der Waals surface area (Å²) in [6.07, 6.45) is 2.47. The smallest absolute Gasteiger partial charge is 0.0375 e. The lowest BCUT2D eigenvalue weighted by Gasteiger charge is -2.30. The molecule has 0 saturated heterocycles. The molecule has 2 nitrogen and oxygen atoms in total. The van der Waals surface area contributed by atoms with Gasteiger partial charge in [0.15, 0.2) is 0 Å². The van der Waals surface area contributed by atoms with Crippen LogP contribution < -0.4 is 10.6 Å². The molecule has 0 bridgehead atoms. The molecule has 1 aromatic carbocycles. The van der Waals surface area contributed by atoms with Crippen LogP contribution in [-0.4, -0.2) is 12.6 Å². The quantitative estimate of drug-likeness (QED) is 0.783. The zero-order valence-corrected chi connectivity index (χ0v) is 11.9. The minimum atomic E-state index is 0.531. The minimum Gasteiger partial charge on any atom is -0.398 e. The molecular formula is C15H26N2. The molecule has 0 aromatic heterocycles. The fourth-order valence-electron chi connectivity index (χ4n) is 2.13. The van der Waals surface area contributed by atoms with E-state index in [1.165, 1.54) is 29.7 Å². The largest absolute Gasteiger partial charge is 0.398 e. The summed E-state index contributed by atoms with van der Waals surface area (Å²) in [5.41, 5.74) is 10.6. The Morgan fingerprint density at radius 1 is 1.18 bits per heavy atom. The molecule has 0 aliphatic carbocycles. The van der Waals surface area contributed by atoms with Gasteiger partial charge in [0.1, 0.15) is 0 Å². The maximum atomic E-state index is 6.01. The number of hydrogen-bond acceptors (Lipinski definition) is 2. The van der Waals surface area contributed by atoms with Gasteiger partial charge in [-0.25, -0.2) is 0 Å². The van der Waals surface area contributed by atoms with E-state index in [1.807, 2.05) is 0 Å². The van der Waals surface area contributed by atoms with Crippen molar-refractivity contribution in [3.8, 4) is 0 Å². The van der Waals surface area contributed by atoms with Crippen LogP contribution in [0.2, 0.25) is 0 Å². The highest BCUT2D eigenvalue weighted by Crippen LogP contribution is 2.26. The Bertz CT molecular complexity index is 346. The molecule has 1 rings (SSSR count). The molecule has 2 heteroatoms. The second-order valence-corrected chi connectivity index (χ2v) is 5.13. The van der Waals surface area contributed by atoms with Gasteiger partial charge in [0.2, 0.25) is 0 Å². The number of anilines is 2. The third-order valence-corrected chi connectivity index (χ3v) is 3.29. The molecule has 0 aliphatic heterocycles. The number of unbranched alkanes of at least 4 members (excludes halogenated alkanes) is 1. The summed E-state index contributed by atoms with van der Waals surface area (Å²) in [5, 5.41) is 0. The zero-order valence-electron chi connectivity index (χ0n) is 11.9. The predicted molar refractivity (Wildman–Crippen MR) is 77.7 cm³/mol. The van der Waals surface area contributed by atoms with Gasteiger partial charge >= 0.3 is 0 Å². The number of nitrogen functional groups attached to an aromatic ring is 1. The van der Waals surface area contributed by atoms with Gasteiger partial charge in [0, 0.05) is 24.0 Å². The van der Waals surface area contributed by atoms with E-state index < -0.39 is 0 Å². The lowest BCUT2D eigenvalue weighted by Crippen LogP contribution is -2.31. The van der Waals surface area contributed by atoms with Crippen LogP contribution in [0.3, 0.4) is 0 Å². The maximum absolute atomic E-state index is 6.01. The first kappa shape index (κ1) is 13.9. The minimum absolute atomic E-state index is 0.531. The van der Waals surface area contributed by atoms with E-state index in [2.05, 4.69) is 51.7 Å². The Labute approximate surface area is 106 Å². The van der Waals surface area contributed by atoms with Crippen molar-refractivity contribution >= 4 is 11.4 Å². The molecule has 0 aliphatic rings. The van der Waals surface area contributed by atoms with Crippen molar-refractivity contribution in [1.82, 2.24) is 0 Å². The predicted octanol–water partition coefficient (Wildman–Crippen LogP) is 3.90. The van der Waals surface area contributed by atoms with Crippen molar-refractivity contribution < 1.29 is 0 Å². The fraction of sp³-hybridized carbons (Fsp3) is 0.600. The Hall–Kier alpha value is -1.18. The number of nitrogens with two attached hydrogens (primary N) is 1. The molecule has 0 amide bonds. The monoisotopic (exact) mass is 234 g/mol. The summed E-state index contributed by atoms with van der Waals surface area (Å²) in [6.45, 7) is 12.0. The van der Waals surface area contributed by atoms with Crippen LogP contribution in [0.1, 0.15) is 44.7 Å². The standard InChI is InChI=1S/C15H26N2/c1-6-7-8-17(11(2)3)14-9-12(4)15(16)13(5)10-14/h9-11H,6-8,16H2,1-5H3. The molecule has 0 radical (unpaired) electrons. The number of benzene rings is 1. The van der Waals surface area contributed by atoms with Gasteiger partial charge in [0.25, 0.3) is 0 Å². The zero-order chi connectivity index (χ0) is 13.0. The fourth-order valence-corrected chi connectivity index (χ4v) is 2.13. The van der Waals surface area contributed by atoms with Crippen LogP contribution in [0.15, 0.2) is 12.1 Å². The molecular weight excluding hydrogens is 208 g/mol. The highest BCUT2D eigenvalue weighted by Gasteiger charge is 2.12. The second-order valence-electron chi connectivity index (χ2n) is 5.13. The molecule has 0 atom stereocenters. The molecule has 0 unspecified atom stereocenters. The van der Waals surface area contributed by atoms with Crippen molar-refractivity contribution in [3.63, 3.8) is 0 Å². The van der Waals surface area contributed by atoms with E-state index in [1.54, 1.807) is 0 Å². The molecule has 17 heavy (non-hydrogen) atoms. The Kier molecular flexibility index (Phi) is 4.86. The van der Waals surface area contributed by atoms with Gasteiger partial charge in [-0.2, -0.15) is 0 Å².